The molecule has 1 aliphatic rings. The Hall–Kier alpha value is -3.82. The van der Waals surface area contributed by atoms with Crippen molar-refractivity contribution in [3.8, 4) is 5.69 Å². The van der Waals surface area contributed by atoms with Gasteiger partial charge in [0.2, 0.25) is 5.91 Å². The highest BCUT2D eigenvalue weighted by molar-refractivity contribution is 5.99. The van der Waals surface area contributed by atoms with E-state index in [0.717, 1.165) is 5.69 Å². The van der Waals surface area contributed by atoms with Crippen LogP contribution in [0.4, 0.5) is 20.6 Å². The van der Waals surface area contributed by atoms with Gasteiger partial charge in [0.1, 0.15) is 18.7 Å². The molecule has 1 aromatic heterocycles. The summed E-state index contributed by atoms with van der Waals surface area (Å²) in [5, 5.41) is 13.7. The van der Waals surface area contributed by atoms with Gasteiger partial charge >= 0.3 is 6.03 Å². The van der Waals surface area contributed by atoms with Gasteiger partial charge < -0.3 is 10.2 Å². The van der Waals surface area contributed by atoms with E-state index < -0.39 is 11.8 Å². The van der Waals surface area contributed by atoms with Crippen molar-refractivity contribution in [2.75, 3.05) is 29.9 Å². The van der Waals surface area contributed by atoms with E-state index in [1.807, 2.05) is 0 Å². The standard InChI is InChI=1S/C18H16FN7O2/c19-15-3-1-2-4-16(15)25-10-9-24(18(25)28)11-17(27)21-13-5-7-14(8-6-13)26-12-20-22-23-26/h1-8,12H,9-11H2,(H,21,27). The average Bonchev–Trinajstić information content (AvgIpc) is 3.34. The fraction of sp³-hybridized carbons (Fsp3) is 0.167. The van der Waals surface area contributed by atoms with Crippen LogP contribution >= 0.6 is 0 Å². The largest absolute Gasteiger partial charge is 0.325 e. The van der Waals surface area contributed by atoms with E-state index in [9.17, 15) is 14.0 Å². The maximum atomic E-state index is 13.9. The van der Waals surface area contributed by atoms with Crippen LogP contribution in [0.3, 0.4) is 0 Å². The summed E-state index contributed by atoms with van der Waals surface area (Å²) in [7, 11) is 0. The second-order valence-corrected chi connectivity index (χ2v) is 6.16. The maximum absolute atomic E-state index is 13.9. The zero-order valence-corrected chi connectivity index (χ0v) is 14.7. The fourth-order valence-corrected chi connectivity index (χ4v) is 2.97. The van der Waals surface area contributed by atoms with Crippen LogP contribution in [0, 0.1) is 5.82 Å². The van der Waals surface area contributed by atoms with Gasteiger partial charge in [-0.05, 0) is 46.8 Å². The maximum Gasteiger partial charge on any atom is 0.325 e. The molecule has 3 amide bonds. The summed E-state index contributed by atoms with van der Waals surface area (Å²) in [6, 6.07) is 12.6. The summed E-state index contributed by atoms with van der Waals surface area (Å²) in [5.74, 6) is -0.802. The minimum atomic E-state index is -0.468. The lowest BCUT2D eigenvalue weighted by Crippen LogP contribution is -2.37. The van der Waals surface area contributed by atoms with Crippen molar-refractivity contribution < 1.29 is 14.0 Å². The molecule has 28 heavy (non-hydrogen) atoms. The molecular formula is C18H16FN7O2. The number of aromatic nitrogens is 4. The van der Waals surface area contributed by atoms with Crippen LogP contribution in [0.1, 0.15) is 0 Å². The van der Waals surface area contributed by atoms with E-state index in [0.29, 0.717) is 18.8 Å². The number of hydrogen-bond donors (Lipinski definition) is 1. The smallest absolute Gasteiger partial charge is 0.325 e. The van der Waals surface area contributed by atoms with Gasteiger partial charge in [0.25, 0.3) is 0 Å². The normalized spacial score (nSPS) is 13.8. The van der Waals surface area contributed by atoms with Crippen LogP contribution < -0.4 is 10.2 Å². The van der Waals surface area contributed by atoms with Crippen molar-refractivity contribution in [3.05, 3.63) is 60.7 Å². The number of para-hydroxylation sites is 1. The number of nitrogens with zero attached hydrogens (tertiary/aromatic N) is 6. The molecule has 2 aromatic carbocycles. The van der Waals surface area contributed by atoms with Crippen LogP contribution in [-0.2, 0) is 4.79 Å². The molecule has 0 atom stereocenters. The van der Waals surface area contributed by atoms with E-state index in [1.165, 1.54) is 26.9 Å². The van der Waals surface area contributed by atoms with Crippen molar-refractivity contribution in [1.82, 2.24) is 25.1 Å². The Balaban J connectivity index is 1.36. The number of amides is 3. The molecule has 0 aliphatic carbocycles. The summed E-state index contributed by atoms with van der Waals surface area (Å²) >= 11 is 0. The molecule has 1 N–H and O–H groups in total. The van der Waals surface area contributed by atoms with Crippen LogP contribution in [-0.4, -0.2) is 56.7 Å². The first-order valence-electron chi connectivity index (χ1n) is 8.56. The number of tetrazole rings is 1. The third-order valence-corrected chi connectivity index (χ3v) is 4.34. The van der Waals surface area contributed by atoms with Crippen molar-refractivity contribution in [1.29, 1.82) is 0 Å². The highest BCUT2D eigenvalue weighted by Gasteiger charge is 2.32. The summed E-state index contributed by atoms with van der Waals surface area (Å²) in [6.45, 7) is 0.561. The summed E-state index contributed by atoms with van der Waals surface area (Å²) in [5.41, 5.74) is 1.55. The number of nitrogens with one attached hydrogen (secondary N) is 1. The van der Waals surface area contributed by atoms with Gasteiger partial charge in [-0.3, -0.25) is 9.69 Å². The number of urea groups is 1. The Morgan fingerprint density at radius 2 is 1.89 bits per heavy atom. The molecule has 0 saturated carbocycles. The summed E-state index contributed by atoms with van der Waals surface area (Å²) in [4.78, 5) is 27.5. The lowest BCUT2D eigenvalue weighted by molar-refractivity contribution is -0.116. The van der Waals surface area contributed by atoms with E-state index in [-0.39, 0.29) is 18.1 Å². The predicted molar refractivity (Wildman–Crippen MR) is 98.5 cm³/mol. The number of rotatable bonds is 5. The predicted octanol–water partition coefficient (Wildman–Crippen LogP) is 1.68. The molecule has 0 radical (unpaired) electrons. The number of benzene rings is 2. The minimum Gasteiger partial charge on any atom is -0.325 e. The SMILES string of the molecule is O=C(CN1CCN(c2ccccc2F)C1=O)Nc1ccc(-n2cnnn2)cc1. The topological polar surface area (TPSA) is 96.2 Å². The lowest BCUT2D eigenvalue weighted by Gasteiger charge is -2.18. The number of hydrogen-bond acceptors (Lipinski definition) is 5. The third-order valence-electron chi connectivity index (χ3n) is 4.34. The third kappa shape index (κ3) is 3.52. The Morgan fingerprint density at radius 3 is 2.61 bits per heavy atom. The van der Waals surface area contributed by atoms with Crippen molar-refractivity contribution in [2.24, 2.45) is 0 Å². The Bertz CT molecular complexity index is 991. The molecule has 2 heterocycles. The molecular weight excluding hydrogens is 365 g/mol. The molecule has 9 nitrogen and oxygen atoms in total. The van der Waals surface area contributed by atoms with Gasteiger partial charge in [-0.2, -0.15) is 0 Å². The van der Waals surface area contributed by atoms with Crippen LogP contribution in [0.2, 0.25) is 0 Å². The molecule has 0 spiro atoms. The second kappa shape index (κ2) is 7.43. The van der Waals surface area contributed by atoms with Gasteiger partial charge in [0.05, 0.1) is 11.4 Å². The van der Waals surface area contributed by atoms with Crippen molar-refractivity contribution in [3.63, 3.8) is 0 Å². The Labute approximate surface area is 159 Å². The van der Waals surface area contributed by atoms with Gasteiger partial charge in [-0.1, -0.05) is 12.1 Å². The van der Waals surface area contributed by atoms with Gasteiger partial charge in [-0.15, -0.1) is 5.10 Å². The monoisotopic (exact) mass is 381 g/mol. The van der Waals surface area contributed by atoms with E-state index in [4.69, 9.17) is 0 Å². The molecule has 0 bridgehead atoms. The minimum absolute atomic E-state index is 0.113. The molecule has 1 aliphatic heterocycles. The average molecular weight is 381 g/mol. The molecule has 1 saturated heterocycles. The van der Waals surface area contributed by atoms with E-state index in [1.54, 1.807) is 42.5 Å². The van der Waals surface area contributed by atoms with Gasteiger partial charge in [-0.25, -0.2) is 13.9 Å². The van der Waals surface area contributed by atoms with E-state index >= 15 is 0 Å². The van der Waals surface area contributed by atoms with Crippen LogP contribution in [0.25, 0.3) is 5.69 Å². The first-order valence-corrected chi connectivity index (χ1v) is 8.56. The summed E-state index contributed by atoms with van der Waals surface area (Å²) in [6.07, 6.45) is 1.47. The molecule has 0 unspecified atom stereocenters. The van der Waals surface area contributed by atoms with E-state index in [2.05, 4.69) is 20.8 Å². The van der Waals surface area contributed by atoms with Gasteiger partial charge in [0.15, 0.2) is 0 Å². The fourth-order valence-electron chi connectivity index (χ4n) is 2.97. The van der Waals surface area contributed by atoms with Crippen LogP contribution in [0.5, 0.6) is 0 Å². The van der Waals surface area contributed by atoms with Crippen molar-refractivity contribution in [2.45, 2.75) is 0 Å². The molecule has 10 heteroatoms. The highest BCUT2D eigenvalue weighted by Crippen LogP contribution is 2.23. The van der Waals surface area contributed by atoms with Crippen molar-refractivity contribution >= 4 is 23.3 Å². The molecule has 3 aromatic rings. The van der Waals surface area contributed by atoms with Crippen LogP contribution in [0.15, 0.2) is 54.9 Å². The molecule has 142 valence electrons. The van der Waals surface area contributed by atoms with Gasteiger partial charge in [0, 0.05) is 18.8 Å². The highest BCUT2D eigenvalue weighted by atomic mass is 19.1. The molecule has 1 fully saturated rings. The first kappa shape index (κ1) is 17.6. The second-order valence-electron chi connectivity index (χ2n) is 6.16. The Kier molecular flexibility index (Phi) is 4.67. The summed E-state index contributed by atoms with van der Waals surface area (Å²) < 4.78 is 15.4. The number of halogens is 1. The Morgan fingerprint density at radius 1 is 1.11 bits per heavy atom. The first-order chi connectivity index (χ1) is 13.6. The molecule has 4 rings (SSSR count). The number of carbonyl (C=O) groups excluding carboxylic acids is 2. The number of carbonyl (C=O) groups is 2. The quantitative estimate of drug-likeness (QED) is 0.725. The lowest BCUT2D eigenvalue weighted by atomic mass is 10.3. The zero-order chi connectivity index (χ0) is 19.5. The number of anilines is 2. The zero-order valence-electron chi connectivity index (χ0n) is 14.7.